The monoisotopic (exact) mass is 275 g/mol. The summed E-state index contributed by atoms with van der Waals surface area (Å²) in [6.45, 7) is 2.16. The van der Waals surface area contributed by atoms with Crippen LogP contribution in [0.5, 0.6) is 0 Å². The number of ether oxygens (including phenoxy) is 1. The van der Waals surface area contributed by atoms with Crippen molar-refractivity contribution in [3.05, 3.63) is 23.8 Å². The molecular weight excluding hydrogens is 254 g/mol. The molecule has 1 aliphatic heterocycles. The van der Waals surface area contributed by atoms with Crippen molar-refractivity contribution < 1.29 is 9.53 Å². The lowest BCUT2D eigenvalue weighted by molar-refractivity contribution is 0.0602. The fourth-order valence-electron chi connectivity index (χ4n) is 2.89. The van der Waals surface area contributed by atoms with Gasteiger partial charge in [0.1, 0.15) is 0 Å². The van der Waals surface area contributed by atoms with Crippen molar-refractivity contribution in [2.45, 2.75) is 31.3 Å². The number of benzene rings is 1. The van der Waals surface area contributed by atoms with Crippen molar-refractivity contribution in [2.75, 3.05) is 31.2 Å². The van der Waals surface area contributed by atoms with Crippen LogP contribution in [0.2, 0.25) is 0 Å². The molecule has 0 aromatic heterocycles. The summed E-state index contributed by atoms with van der Waals surface area (Å²) < 4.78 is 4.82. The van der Waals surface area contributed by atoms with E-state index in [4.69, 9.17) is 10.5 Å². The van der Waals surface area contributed by atoms with E-state index >= 15 is 0 Å². The maximum Gasteiger partial charge on any atom is 0.340 e. The van der Waals surface area contributed by atoms with E-state index in [1.807, 2.05) is 6.07 Å². The Hall–Kier alpha value is -1.75. The van der Waals surface area contributed by atoms with Crippen molar-refractivity contribution in [3.8, 4) is 0 Å². The van der Waals surface area contributed by atoms with Gasteiger partial charge in [-0.3, -0.25) is 4.90 Å². The molecule has 108 valence electrons. The molecule has 0 amide bonds. The number of nitrogens with one attached hydrogen (secondary N) is 1. The fraction of sp³-hybridized carbons (Fsp3) is 0.533. The molecule has 0 radical (unpaired) electrons. The lowest BCUT2D eigenvalue weighted by atomic mass is 10.1. The first-order chi connectivity index (χ1) is 9.69. The van der Waals surface area contributed by atoms with E-state index in [1.165, 1.54) is 20.0 Å². The number of hydrogen-bond donors (Lipinski definition) is 2. The van der Waals surface area contributed by atoms with E-state index in [-0.39, 0.29) is 5.97 Å². The molecular formula is C15H21N3O2. The highest BCUT2D eigenvalue weighted by molar-refractivity contribution is 5.98. The van der Waals surface area contributed by atoms with Gasteiger partial charge in [-0.25, -0.2) is 4.79 Å². The Morgan fingerprint density at radius 3 is 2.90 bits per heavy atom. The summed E-state index contributed by atoms with van der Waals surface area (Å²) in [7, 11) is 1.39. The van der Waals surface area contributed by atoms with Crippen molar-refractivity contribution >= 4 is 17.3 Å². The lowest BCUT2D eigenvalue weighted by Crippen LogP contribution is -2.28. The second-order valence-electron chi connectivity index (χ2n) is 5.62. The summed E-state index contributed by atoms with van der Waals surface area (Å²) in [4.78, 5) is 14.3. The van der Waals surface area contributed by atoms with Gasteiger partial charge in [0.2, 0.25) is 0 Å². The number of carbonyl (C=O) groups excluding carboxylic acids is 1. The Kier molecular flexibility index (Phi) is 3.53. The van der Waals surface area contributed by atoms with Crippen LogP contribution < -0.4 is 11.1 Å². The van der Waals surface area contributed by atoms with E-state index in [0.717, 1.165) is 25.6 Å². The Morgan fingerprint density at radius 2 is 2.20 bits per heavy atom. The van der Waals surface area contributed by atoms with Gasteiger partial charge in [-0.05, 0) is 31.4 Å². The minimum absolute atomic E-state index is 0.350. The molecule has 1 aliphatic carbocycles. The SMILES string of the molecule is COC(=O)c1cccc(N)c1NC1CCN(C2CC2)C1. The zero-order valence-corrected chi connectivity index (χ0v) is 11.8. The van der Waals surface area contributed by atoms with Gasteiger partial charge >= 0.3 is 5.97 Å². The third-order valence-electron chi connectivity index (χ3n) is 4.13. The van der Waals surface area contributed by atoms with Gasteiger partial charge in [0, 0.05) is 25.2 Å². The molecule has 1 heterocycles. The molecule has 3 rings (SSSR count). The van der Waals surface area contributed by atoms with Crippen LogP contribution >= 0.6 is 0 Å². The third kappa shape index (κ3) is 2.58. The van der Waals surface area contributed by atoms with Crippen LogP contribution in [-0.2, 0) is 4.74 Å². The van der Waals surface area contributed by atoms with E-state index in [1.54, 1.807) is 12.1 Å². The molecule has 0 bridgehead atoms. The fourth-order valence-corrected chi connectivity index (χ4v) is 2.89. The van der Waals surface area contributed by atoms with E-state index < -0.39 is 0 Å². The Labute approximate surface area is 119 Å². The summed E-state index contributed by atoms with van der Waals surface area (Å²) in [5.41, 5.74) is 7.83. The summed E-state index contributed by atoms with van der Waals surface area (Å²) in [6.07, 6.45) is 3.74. The Bertz CT molecular complexity index is 514. The molecule has 2 aliphatic rings. The molecule has 5 heteroatoms. The molecule has 3 N–H and O–H groups in total. The van der Waals surface area contributed by atoms with Crippen molar-refractivity contribution in [2.24, 2.45) is 0 Å². The van der Waals surface area contributed by atoms with Crippen LogP contribution in [0.4, 0.5) is 11.4 Å². The molecule has 20 heavy (non-hydrogen) atoms. The first-order valence-electron chi connectivity index (χ1n) is 7.16. The van der Waals surface area contributed by atoms with Crippen LogP contribution in [0.1, 0.15) is 29.6 Å². The van der Waals surface area contributed by atoms with Gasteiger partial charge in [0.25, 0.3) is 0 Å². The van der Waals surface area contributed by atoms with Gasteiger partial charge in [-0.2, -0.15) is 0 Å². The maximum absolute atomic E-state index is 11.8. The van der Waals surface area contributed by atoms with Gasteiger partial charge in [-0.1, -0.05) is 6.07 Å². The maximum atomic E-state index is 11.8. The van der Waals surface area contributed by atoms with Gasteiger partial charge in [0.15, 0.2) is 0 Å². The van der Waals surface area contributed by atoms with Crippen LogP contribution in [0.25, 0.3) is 0 Å². The average molecular weight is 275 g/mol. The van der Waals surface area contributed by atoms with Gasteiger partial charge in [0.05, 0.1) is 24.0 Å². The number of hydrogen-bond acceptors (Lipinski definition) is 5. The van der Waals surface area contributed by atoms with Crippen LogP contribution in [0.3, 0.4) is 0 Å². The van der Waals surface area contributed by atoms with Crippen molar-refractivity contribution in [3.63, 3.8) is 0 Å². The van der Waals surface area contributed by atoms with Gasteiger partial charge < -0.3 is 15.8 Å². The smallest absolute Gasteiger partial charge is 0.340 e. The van der Waals surface area contributed by atoms with E-state index in [2.05, 4.69) is 10.2 Å². The average Bonchev–Trinajstić information content (AvgIpc) is 3.20. The Morgan fingerprint density at radius 1 is 1.40 bits per heavy atom. The molecule has 0 spiro atoms. The first kappa shape index (κ1) is 13.2. The zero-order chi connectivity index (χ0) is 14.1. The standard InChI is InChI=1S/C15H21N3O2/c1-20-15(19)12-3-2-4-13(16)14(12)17-10-7-8-18(9-10)11-5-6-11/h2-4,10-11,17H,5-9,16H2,1H3. The van der Waals surface area contributed by atoms with Crippen LogP contribution in [0, 0.1) is 0 Å². The number of methoxy groups -OCH3 is 1. The van der Waals surface area contributed by atoms with Crippen molar-refractivity contribution in [1.82, 2.24) is 4.90 Å². The Balaban J connectivity index is 1.74. The molecule has 1 saturated heterocycles. The third-order valence-corrected chi connectivity index (χ3v) is 4.13. The minimum Gasteiger partial charge on any atom is -0.465 e. The highest BCUT2D eigenvalue weighted by atomic mass is 16.5. The largest absolute Gasteiger partial charge is 0.465 e. The molecule has 2 fully saturated rings. The topological polar surface area (TPSA) is 67.6 Å². The minimum atomic E-state index is -0.350. The molecule has 5 nitrogen and oxygen atoms in total. The summed E-state index contributed by atoms with van der Waals surface area (Å²) in [5, 5.41) is 3.44. The molecule has 1 aromatic rings. The highest BCUT2D eigenvalue weighted by Gasteiger charge is 2.34. The van der Waals surface area contributed by atoms with E-state index in [9.17, 15) is 4.79 Å². The van der Waals surface area contributed by atoms with Crippen LogP contribution in [0.15, 0.2) is 18.2 Å². The van der Waals surface area contributed by atoms with Crippen LogP contribution in [-0.4, -0.2) is 43.2 Å². The molecule has 1 aromatic carbocycles. The number of anilines is 2. The predicted octanol–water partition coefficient (Wildman–Crippen LogP) is 1.70. The molecule has 1 saturated carbocycles. The van der Waals surface area contributed by atoms with Gasteiger partial charge in [-0.15, -0.1) is 0 Å². The number of rotatable bonds is 4. The lowest BCUT2D eigenvalue weighted by Gasteiger charge is -2.19. The quantitative estimate of drug-likeness (QED) is 0.646. The number of carbonyl (C=O) groups is 1. The van der Waals surface area contributed by atoms with Crippen molar-refractivity contribution in [1.29, 1.82) is 0 Å². The first-order valence-corrected chi connectivity index (χ1v) is 7.16. The number of para-hydroxylation sites is 1. The zero-order valence-electron chi connectivity index (χ0n) is 11.8. The number of nitrogens with two attached hydrogens (primary N) is 1. The highest BCUT2D eigenvalue weighted by Crippen LogP contribution is 2.32. The molecule has 1 unspecified atom stereocenters. The normalized spacial score (nSPS) is 22.8. The van der Waals surface area contributed by atoms with E-state index in [0.29, 0.717) is 23.0 Å². The number of esters is 1. The molecule has 1 atom stereocenters. The number of likely N-dealkylation sites (tertiary alicyclic amines) is 1. The number of nitrogens with zero attached hydrogens (tertiary/aromatic N) is 1. The number of nitrogen functional groups attached to an aromatic ring is 1. The second-order valence-corrected chi connectivity index (χ2v) is 5.62. The summed E-state index contributed by atoms with van der Waals surface area (Å²) >= 11 is 0. The second kappa shape index (κ2) is 5.32. The summed E-state index contributed by atoms with van der Waals surface area (Å²) in [5.74, 6) is -0.350. The predicted molar refractivity (Wildman–Crippen MR) is 78.8 cm³/mol. The summed E-state index contributed by atoms with van der Waals surface area (Å²) in [6, 6.07) is 6.47.